The van der Waals surface area contributed by atoms with Crippen LogP contribution < -0.4 is 0 Å². The van der Waals surface area contributed by atoms with Gasteiger partial charge in [-0.15, -0.1) is 0 Å². The minimum Gasteiger partial charge on any atom is -0.436 e. The van der Waals surface area contributed by atoms with Gasteiger partial charge in [-0.2, -0.15) is 0 Å². The van der Waals surface area contributed by atoms with Crippen LogP contribution in [0.1, 0.15) is 33.2 Å². The van der Waals surface area contributed by atoms with Gasteiger partial charge in [0.1, 0.15) is 5.03 Å². The fourth-order valence-corrected chi connectivity index (χ4v) is 5.35. The lowest BCUT2D eigenvalue weighted by Crippen LogP contribution is -2.28. The first-order valence-electron chi connectivity index (χ1n) is 10.9. The molecule has 0 saturated heterocycles. The van der Waals surface area contributed by atoms with Gasteiger partial charge in [-0.25, -0.2) is 9.78 Å². The van der Waals surface area contributed by atoms with Gasteiger partial charge in [-0.05, 0) is 23.3 Å². The van der Waals surface area contributed by atoms with E-state index < -0.39 is 12.2 Å². The maximum atomic E-state index is 13.2. The molecule has 0 N–H and O–H groups in total. The number of ether oxygens (including phenoxy) is 1. The second-order valence-corrected chi connectivity index (χ2v) is 9.43. The van der Waals surface area contributed by atoms with Crippen LogP contribution in [-0.4, -0.2) is 34.3 Å². The van der Waals surface area contributed by atoms with Crippen molar-refractivity contribution < 1.29 is 14.3 Å². The SMILES string of the molecule is CN(Cc1cncc(Cl)c1Sc1ncccc1C=O)C(=O)OC1c2ccccc2-c2ccccc21. The number of benzene rings is 2. The Kier molecular flexibility index (Phi) is 6.53. The lowest BCUT2D eigenvalue weighted by molar-refractivity contribution is 0.0841. The molecular formula is C27H20ClN3O3S. The van der Waals surface area contributed by atoms with Gasteiger partial charge in [0, 0.05) is 52.8 Å². The van der Waals surface area contributed by atoms with Crippen molar-refractivity contribution >= 4 is 35.7 Å². The highest BCUT2D eigenvalue weighted by atomic mass is 35.5. The topological polar surface area (TPSA) is 72.4 Å². The summed E-state index contributed by atoms with van der Waals surface area (Å²) in [6.07, 6.45) is 4.61. The van der Waals surface area contributed by atoms with Crippen LogP contribution in [-0.2, 0) is 11.3 Å². The quantitative estimate of drug-likeness (QED) is 0.283. The third kappa shape index (κ3) is 4.52. The van der Waals surface area contributed by atoms with Crippen LogP contribution in [0, 0.1) is 0 Å². The molecule has 1 aliphatic rings. The zero-order valence-corrected chi connectivity index (χ0v) is 20.3. The van der Waals surface area contributed by atoms with Crippen LogP contribution in [0.25, 0.3) is 11.1 Å². The second kappa shape index (κ2) is 9.90. The molecule has 2 aromatic heterocycles. The average molecular weight is 502 g/mol. The van der Waals surface area contributed by atoms with E-state index in [2.05, 4.69) is 9.97 Å². The highest BCUT2D eigenvalue weighted by Gasteiger charge is 2.32. The van der Waals surface area contributed by atoms with Gasteiger partial charge in [-0.1, -0.05) is 71.9 Å². The van der Waals surface area contributed by atoms with E-state index in [0.717, 1.165) is 34.1 Å². The van der Waals surface area contributed by atoms with Crippen molar-refractivity contribution in [2.45, 2.75) is 22.6 Å². The lowest BCUT2D eigenvalue weighted by Gasteiger charge is -2.22. The van der Waals surface area contributed by atoms with Gasteiger partial charge >= 0.3 is 6.09 Å². The summed E-state index contributed by atoms with van der Waals surface area (Å²) in [5.74, 6) is 0. The van der Waals surface area contributed by atoms with E-state index in [1.165, 1.54) is 22.9 Å². The number of nitrogens with zero attached hydrogens (tertiary/aromatic N) is 3. The first kappa shape index (κ1) is 23.1. The van der Waals surface area contributed by atoms with Gasteiger partial charge in [0.05, 0.1) is 11.6 Å². The minimum absolute atomic E-state index is 0.216. The summed E-state index contributed by atoms with van der Waals surface area (Å²) >= 11 is 7.72. The van der Waals surface area contributed by atoms with E-state index in [0.29, 0.717) is 20.5 Å². The summed E-state index contributed by atoms with van der Waals surface area (Å²) in [5.41, 5.74) is 5.25. The number of carbonyl (C=O) groups excluding carboxylic acids is 2. The Morgan fingerprint density at radius 1 is 1.06 bits per heavy atom. The number of hydrogen-bond donors (Lipinski definition) is 0. The number of amides is 1. The van der Waals surface area contributed by atoms with E-state index in [4.69, 9.17) is 16.3 Å². The standard InChI is InChI=1S/C27H20ClN3O3S/c1-31(15-18-13-29-14-23(28)25(18)35-26-17(16-32)7-6-12-30-26)27(33)34-24-21-10-4-2-8-19(21)20-9-3-5-11-22(20)24/h2-14,16,24H,15H2,1H3. The number of aromatic nitrogens is 2. The summed E-state index contributed by atoms with van der Waals surface area (Å²) in [4.78, 5) is 35.2. The Balaban J connectivity index is 1.37. The molecule has 0 unspecified atom stereocenters. The number of pyridine rings is 2. The van der Waals surface area contributed by atoms with Crippen molar-refractivity contribution in [3.63, 3.8) is 0 Å². The summed E-state index contributed by atoms with van der Waals surface area (Å²) in [6, 6.07) is 19.3. The highest BCUT2D eigenvalue weighted by molar-refractivity contribution is 7.99. The molecule has 0 bridgehead atoms. The van der Waals surface area contributed by atoms with Crippen molar-refractivity contribution in [2.24, 2.45) is 0 Å². The highest BCUT2D eigenvalue weighted by Crippen LogP contribution is 2.45. The molecular weight excluding hydrogens is 482 g/mol. The molecule has 0 atom stereocenters. The lowest BCUT2D eigenvalue weighted by atomic mass is 10.1. The number of halogens is 1. The molecule has 2 heterocycles. The van der Waals surface area contributed by atoms with Crippen molar-refractivity contribution in [3.05, 3.63) is 107 Å². The third-order valence-corrected chi connectivity index (χ3v) is 7.39. The van der Waals surface area contributed by atoms with E-state index in [1.807, 2.05) is 48.5 Å². The molecule has 35 heavy (non-hydrogen) atoms. The van der Waals surface area contributed by atoms with E-state index in [-0.39, 0.29) is 6.54 Å². The molecule has 0 saturated carbocycles. The number of fused-ring (bicyclic) bond motifs is 3. The Morgan fingerprint density at radius 2 is 1.74 bits per heavy atom. The first-order chi connectivity index (χ1) is 17.1. The molecule has 5 rings (SSSR count). The molecule has 1 aliphatic carbocycles. The number of carbonyl (C=O) groups is 2. The Hall–Kier alpha value is -3.68. The van der Waals surface area contributed by atoms with Crippen LogP contribution in [0.15, 0.2) is 89.2 Å². The second-order valence-electron chi connectivity index (χ2n) is 8.02. The fourth-order valence-electron chi connectivity index (χ4n) is 4.11. The number of hydrogen-bond acceptors (Lipinski definition) is 6. The smallest absolute Gasteiger partial charge is 0.410 e. The van der Waals surface area contributed by atoms with Crippen molar-refractivity contribution in [1.29, 1.82) is 0 Å². The third-order valence-electron chi connectivity index (χ3n) is 5.77. The van der Waals surface area contributed by atoms with Gasteiger partial charge in [0.2, 0.25) is 0 Å². The summed E-state index contributed by atoms with van der Waals surface area (Å²) in [7, 11) is 1.67. The molecule has 8 heteroatoms. The number of rotatable bonds is 6. The van der Waals surface area contributed by atoms with Crippen molar-refractivity contribution in [1.82, 2.24) is 14.9 Å². The normalized spacial score (nSPS) is 12.1. The van der Waals surface area contributed by atoms with Crippen molar-refractivity contribution in [3.8, 4) is 11.1 Å². The van der Waals surface area contributed by atoms with Gasteiger partial charge in [-0.3, -0.25) is 9.78 Å². The predicted molar refractivity (Wildman–Crippen MR) is 135 cm³/mol. The van der Waals surface area contributed by atoms with E-state index in [1.54, 1.807) is 31.6 Å². The first-order valence-corrected chi connectivity index (χ1v) is 12.1. The Labute approximate surface area is 211 Å². The molecule has 6 nitrogen and oxygen atoms in total. The van der Waals surface area contributed by atoms with Crippen LogP contribution >= 0.6 is 23.4 Å². The van der Waals surface area contributed by atoms with Gasteiger partial charge < -0.3 is 9.64 Å². The Bertz CT molecular complexity index is 1380. The molecule has 0 aliphatic heterocycles. The molecule has 0 radical (unpaired) electrons. The van der Waals surface area contributed by atoms with Gasteiger partial charge in [0.15, 0.2) is 12.4 Å². The molecule has 4 aromatic rings. The maximum Gasteiger partial charge on any atom is 0.410 e. The summed E-state index contributed by atoms with van der Waals surface area (Å²) in [5, 5.41) is 0.941. The zero-order chi connectivity index (χ0) is 24.4. The van der Waals surface area contributed by atoms with Crippen LogP contribution in [0.4, 0.5) is 4.79 Å². The fraction of sp³-hybridized carbons (Fsp3) is 0.111. The maximum absolute atomic E-state index is 13.2. The predicted octanol–water partition coefficient (Wildman–Crippen LogP) is 6.43. The largest absolute Gasteiger partial charge is 0.436 e. The van der Waals surface area contributed by atoms with Crippen LogP contribution in [0.2, 0.25) is 5.02 Å². The van der Waals surface area contributed by atoms with Crippen molar-refractivity contribution in [2.75, 3.05) is 7.05 Å². The Morgan fingerprint density at radius 3 is 2.43 bits per heavy atom. The van der Waals surface area contributed by atoms with E-state index in [9.17, 15) is 9.59 Å². The summed E-state index contributed by atoms with van der Waals surface area (Å²) < 4.78 is 5.99. The number of aldehydes is 1. The molecule has 1 amide bonds. The molecule has 0 spiro atoms. The van der Waals surface area contributed by atoms with Crippen LogP contribution in [0.5, 0.6) is 0 Å². The average Bonchev–Trinajstić information content (AvgIpc) is 3.20. The molecule has 0 fully saturated rings. The van der Waals surface area contributed by atoms with Crippen LogP contribution in [0.3, 0.4) is 0 Å². The summed E-state index contributed by atoms with van der Waals surface area (Å²) in [6.45, 7) is 0.216. The van der Waals surface area contributed by atoms with E-state index >= 15 is 0 Å². The minimum atomic E-state index is -0.479. The van der Waals surface area contributed by atoms with Gasteiger partial charge in [0.25, 0.3) is 0 Å². The monoisotopic (exact) mass is 501 g/mol. The molecule has 174 valence electrons. The zero-order valence-electron chi connectivity index (χ0n) is 18.7. The molecule has 2 aromatic carbocycles.